The second-order valence-corrected chi connectivity index (χ2v) is 5.82. The van der Waals surface area contributed by atoms with Gasteiger partial charge >= 0.3 is 0 Å². The average Bonchev–Trinajstić information content (AvgIpc) is 2.72. The Labute approximate surface area is 131 Å². The molecule has 0 spiro atoms. The highest BCUT2D eigenvalue weighted by molar-refractivity contribution is 9.10. The largest absolute Gasteiger partial charge is 0.305 e. The molecule has 0 aliphatic carbocycles. The topological polar surface area (TPSA) is 29.9 Å². The fraction of sp³-hybridized carbons (Fsp3) is 0.357. The fourth-order valence-electron chi connectivity index (χ4n) is 2.12. The molecule has 6 heteroatoms. The maximum Gasteiger partial charge on any atom is 0.124 e. The van der Waals surface area contributed by atoms with Crippen LogP contribution in [0.1, 0.15) is 30.6 Å². The van der Waals surface area contributed by atoms with Crippen LogP contribution in [0.2, 0.25) is 5.02 Å². The number of halogens is 3. The lowest BCUT2D eigenvalue weighted by molar-refractivity contribution is 0.550. The number of nitrogens with zero attached hydrogens (tertiary/aromatic N) is 2. The summed E-state index contributed by atoms with van der Waals surface area (Å²) in [5.41, 5.74) is 1.80. The van der Waals surface area contributed by atoms with Crippen molar-refractivity contribution < 1.29 is 4.39 Å². The minimum Gasteiger partial charge on any atom is -0.305 e. The van der Waals surface area contributed by atoms with E-state index in [1.807, 2.05) is 7.05 Å². The zero-order valence-corrected chi connectivity index (χ0v) is 13.7. The molecular formula is C14H16BrClFN3. The molecule has 0 radical (unpaired) electrons. The Morgan fingerprint density at radius 1 is 1.50 bits per heavy atom. The van der Waals surface area contributed by atoms with Crippen LogP contribution in [-0.2, 0) is 7.05 Å². The molecule has 0 amide bonds. The molecule has 1 aromatic carbocycles. The van der Waals surface area contributed by atoms with E-state index in [1.165, 1.54) is 12.1 Å². The van der Waals surface area contributed by atoms with E-state index in [1.54, 1.807) is 16.9 Å². The van der Waals surface area contributed by atoms with Gasteiger partial charge in [0, 0.05) is 11.5 Å². The van der Waals surface area contributed by atoms with E-state index in [4.69, 9.17) is 11.6 Å². The lowest BCUT2D eigenvalue weighted by Gasteiger charge is -2.21. The second-order valence-electron chi connectivity index (χ2n) is 4.55. The van der Waals surface area contributed by atoms with E-state index in [0.717, 1.165) is 24.2 Å². The van der Waals surface area contributed by atoms with Crippen molar-refractivity contribution in [3.63, 3.8) is 0 Å². The molecule has 1 N–H and O–H groups in total. The third-order valence-electron chi connectivity index (χ3n) is 3.08. The van der Waals surface area contributed by atoms with Crippen molar-refractivity contribution in [2.75, 3.05) is 6.54 Å². The Balaban J connectivity index is 2.47. The van der Waals surface area contributed by atoms with Gasteiger partial charge in [-0.15, -0.1) is 0 Å². The van der Waals surface area contributed by atoms with Crippen molar-refractivity contribution in [2.24, 2.45) is 7.05 Å². The summed E-state index contributed by atoms with van der Waals surface area (Å²) in [5.74, 6) is -0.272. The molecule has 0 aliphatic rings. The van der Waals surface area contributed by atoms with Crippen LogP contribution in [0.3, 0.4) is 0 Å². The molecule has 0 fully saturated rings. The molecule has 0 aliphatic heterocycles. The van der Waals surface area contributed by atoms with E-state index in [2.05, 4.69) is 33.3 Å². The first-order valence-corrected chi connectivity index (χ1v) is 7.57. The zero-order chi connectivity index (χ0) is 14.7. The smallest absolute Gasteiger partial charge is 0.124 e. The first kappa shape index (κ1) is 15.5. The highest BCUT2D eigenvalue weighted by Gasteiger charge is 2.22. The number of aromatic nitrogens is 2. The third kappa shape index (κ3) is 3.22. The van der Waals surface area contributed by atoms with E-state index in [-0.39, 0.29) is 11.9 Å². The van der Waals surface area contributed by atoms with Crippen molar-refractivity contribution in [1.29, 1.82) is 0 Å². The normalized spacial score (nSPS) is 12.7. The van der Waals surface area contributed by atoms with E-state index < -0.39 is 0 Å². The van der Waals surface area contributed by atoms with Gasteiger partial charge in [-0.1, -0.05) is 40.5 Å². The van der Waals surface area contributed by atoms with Crippen LogP contribution in [0.25, 0.3) is 0 Å². The summed E-state index contributed by atoms with van der Waals surface area (Å²) in [4.78, 5) is 0. The molecule has 0 saturated carbocycles. The quantitative estimate of drug-likeness (QED) is 0.871. The van der Waals surface area contributed by atoms with Crippen LogP contribution in [-0.4, -0.2) is 16.3 Å². The number of nitrogens with one attached hydrogen (secondary N) is 1. The lowest BCUT2D eigenvalue weighted by atomic mass is 10.0. The highest BCUT2D eigenvalue weighted by atomic mass is 79.9. The van der Waals surface area contributed by atoms with Gasteiger partial charge in [0.2, 0.25) is 0 Å². The van der Waals surface area contributed by atoms with Gasteiger partial charge in [0.05, 0.1) is 23.0 Å². The summed E-state index contributed by atoms with van der Waals surface area (Å²) in [7, 11) is 1.85. The number of aryl methyl sites for hydroxylation is 1. The molecule has 0 saturated heterocycles. The van der Waals surface area contributed by atoms with Crippen LogP contribution < -0.4 is 5.32 Å². The van der Waals surface area contributed by atoms with Gasteiger partial charge < -0.3 is 5.32 Å². The Bertz CT molecular complexity index is 581. The van der Waals surface area contributed by atoms with Gasteiger partial charge in [-0.05, 0) is 30.7 Å². The Kier molecular flexibility index (Phi) is 5.18. The molecule has 1 heterocycles. The SMILES string of the molecule is CCCNC(c1ccc(F)cc1Br)c1c(Cl)cnn1C. The van der Waals surface area contributed by atoms with E-state index in [0.29, 0.717) is 9.50 Å². The summed E-state index contributed by atoms with van der Waals surface area (Å²) >= 11 is 9.66. The first-order valence-electron chi connectivity index (χ1n) is 6.40. The van der Waals surface area contributed by atoms with E-state index >= 15 is 0 Å². The summed E-state index contributed by atoms with van der Waals surface area (Å²) in [6, 6.07) is 4.53. The summed E-state index contributed by atoms with van der Waals surface area (Å²) in [5, 5.41) is 8.20. The molecule has 1 unspecified atom stereocenters. The molecule has 3 nitrogen and oxygen atoms in total. The van der Waals surface area contributed by atoms with Gasteiger partial charge in [0.15, 0.2) is 0 Å². The summed E-state index contributed by atoms with van der Waals surface area (Å²) < 4.78 is 15.7. The van der Waals surface area contributed by atoms with Gasteiger partial charge in [-0.2, -0.15) is 5.10 Å². The summed E-state index contributed by atoms with van der Waals surface area (Å²) in [6.45, 7) is 2.92. The molecule has 2 rings (SSSR count). The van der Waals surface area contributed by atoms with Gasteiger partial charge in [0.1, 0.15) is 5.82 Å². The maximum absolute atomic E-state index is 13.3. The third-order valence-corrected chi connectivity index (χ3v) is 4.06. The van der Waals surface area contributed by atoms with Crippen LogP contribution in [0.15, 0.2) is 28.9 Å². The molecule has 20 heavy (non-hydrogen) atoms. The number of benzene rings is 1. The number of hydrogen-bond donors (Lipinski definition) is 1. The van der Waals surface area contributed by atoms with Crippen LogP contribution >= 0.6 is 27.5 Å². The number of rotatable bonds is 5. The zero-order valence-electron chi connectivity index (χ0n) is 11.3. The predicted octanol–water partition coefficient (Wildman–Crippen LogP) is 4.06. The highest BCUT2D eigenvalue weighted by Crippen LogP contribution is 2.32. The molecule has 1 aromatic heterocycles. The van der Waals surface area contributed by atoms with Crippen LogP contribution in [0, 0.1) is 5.82 Å². The molecule has 1 atom stereocenters. The molecule has 2 aromatic rings. The first-order chi connectivity index (χ1) is 9.54. The van der Waals surface area contributed by atoms with E-state index in [9.17, 15) is 4.39 Å². The fourth-order valence-corrected chi connectivity index (χ4v) is 2.98. The molecule has 108 valence electrons. The van der Waals surface area contributed by atoms with Crippen LogP contribution in [0.4, 0.5) is 4.39 Å². The van der Waals surface area contributed by atoms with Crippen molar-refractivity contribution in [3.05, 3.63) is 51.0 Å². The van der Waals surface area contributed by atoms with Crippen molar-refractivity contribution in [3.8, 4) is 0 Å². The number of hydrogen-bond acceptors (Lipinski definition) is 2. The van der Waals surface area contributed by atoms with Crippen LogP contribution in [0.5, 0.6) is 0 Å². The lowest BCUT2D eigenvalue weighted by Crippen LogP contribution is -2.26. The maximum atomic E-state index is 13.3. The molecular weight excluding hydrogens is 345 g/mol. The Morgan fingerprint density at radius 2 is 2.25 bits per heavy atom. The minimum atomic E-state index is -0.272. The molecule has 0 bridgehead atoms. The van der Waals surface area contributed by atoms with Crippen molar-refractivity contribution >= 4 is 27.5 Å². The van der Waals surface area contributed by atoms with Gasteiger partial charge in [-0.3, -0.25) is 4.68 Å². The van der Waals surface area contributed by atoms with Gasteiger partial charge in [-0.25, -0.2) is 4.39 Å². The summed E-state index contributed by atoms with van der Waals surface area (Å²) in [6.07, 6.45) is 2.61. The monoisotopic (exact) mass is 359 g/mol. The Morgan fingerprint density at radius 3 is 2.80 bits per heavy atom. The van der Waals surface area contributed by atoms with Crippen molar-refractivity contribution in [1.82, 2.24) is 15.1 Å². The predicted molar refractivity (Wildman–Crippen MR) is 82.5 cm³/mol. The van der Waals surface area contributed by atoms with Gasteiger partial charge in [0.25, 0.3) is 0 Å². The average molecular weight is 361 g/mol. The minimum absolute atomic E-state index is 0.134. The standard InChI is InChI=1S/C14H16BrClFN3/c1-3-6-18-13(14-12(16)8-19-20(14)2)10-5-4-9(17)7-11(10)15/h4-5,7-8,13,18H,3,6H2,1-2H3. The van der Waals surface area contributed by atoms with Crippen molar-refractivity contribution in [2.45, 2.75) is 19.4 Å². The second kappa shape index (κ2) is 6.70. The Hall–Kier alpha value is -0.910.